The first kappa shape index (κ1) is 15.3. The number of hydrogen-bond acceptors (Lipinski definition) is 3. The van der Waals surface area contributed by atoms with Crippen molar-refractivity contribution in [3.05, 3.63) is 51.9 Å². The number of benzene rings is 1. The zero-order valence-corrected chi connectivity index (χ0v) is 13.3. The van der Waals surface area contributed by atoms with Crippen LogP contribution in [0, 0.1) is 13.8 Å². The molecule has 2 amide bonds. The van der Waals surface area contributed by atoms with Crippen molar-refractivity contribution in [2.24, 2.45) is 0 Å². The minimum Gasteiger partial charge on any atom is -0.457 e. The van der Waals surface area contributed by atoms with Gasteiger partial charge in [0.25, 0.3) is 5.91 Å². The minimum atomic E-state index is -0.369. The highest BCUT2D eigenvalue weighted by molar-refractivity contribution is 9.10. The van der Waals surface area contributed by atoms with Gasteiger partial charge in [-0.1, -0.05) is 12.1 Å². The first-order chi connectivity index (χ1) is 9.99. The minimum absolute atomic E-state index is 0.107. The van der Waals surface area contributed by atoms with E-state index in [1.165, 1.54) is 12.3 Å². The van der Waals surface area contributed by atoms with Gasteiger partial charge in [0.2, 0.25) is 5.91 Å². The summed E-state index contributed by atoms with van der Waals surface area (Å²) >= 11 is 3.12. The maximum atomic E-state index is 11.9. The van der Waals surface area contributed by atoms with Crippen molar-refractivity contribution in [3.63, 3.8) is 0 Å². The predicted molar refractivity (Wildman–Crippen MR) is 83.3 cm³/mol. The van der Waals surface area contributed by atoms with E-state index in [-0.39, 0.29) is 18.4 Å². The van der Waals surface area contributed by atoms with Crippen LogP contribution in [0.25, 0.3) is 0 Å². The van der Waals surface area contributed by atoms with Crippen LogP contribution < -0.4 is 10.6 Å². The Morgan fingerprint density at radius 1 is 1.24 bits per heavy atom. The summed E-state index contributed by atoms with van der Waals surface area (Å²) in [6.07, 6.45) is 1.40. The average Bonchev–Trinajstić information content (AvgIpc) is 2.87. The van der Waals surface area contributed by atoms with Crippen LogP contribution in [0.3, 0.4) is 0 Å². The Balaban J connectivity index is 1.92. The van der Waals surface area contributed by atoms with Crippen molar-refractivity contribution in [2.75, 3.05) is 11.9 Å². The molecule has 6 heteroatoms. The monoisotopic (exact) mass is 350 g/mol. The Kier molecular flexibility index (Phi) is 4.80. The average molecular weight is 351 g/mol. The Labute approximate surface area is 130 Å². The molecule has 2 N–H and O–H groups in total. The van der Waals surface area contributed by atoms with Crippen LogP contribution in [0.15, 0.2) is 39.6 Å². The third-order valence-electron chi connectivity index (χ3n) is 3.15. The smallest absolute Gasteiger partial charge is 0.256 e. The summed E-state index contributed by atoms with van der Waals surface area (Å²) in [5.41, 5.74) is 3.21. The van der Waals surface area contributed by atoms with Crippen LogP contribution in [-0.2, 0) is 4.79 Å². The lowest BCUT2D eigenvalue weighted by atomic mass is 10.1. The maximum absolute atomic E-state index is 11.9. The van der Waals surface area contributed by atoms with Gasteiger partial charge in [-0.05, 0) is 53.0 Å². The van der Waals surface area contributed by atoms with Crippen molar-refractivity contribution in [2.45, 2.75) is 13.8 Å². The summed E-state index contributed by atoms with van der Waals surface area (Å²) in [5.74, 6) is -0.650. The number of anilines is 1. The van der Waals surface area contributed by atoms with Crippen molar-refractivity contribution in [1.29, 1.82) is 0 Å². The predicted octanol–water partition coefficient (Wildman–Crippen LogP) is 3.03. The Morgan fingerprint density at radius 3 is 2.67 bits per heavy atom. The molecular weight excluding hydrogens is 336 g/mol. The summed E-state index contributed by atoms with van der Waals surface area (Å²) in [6.45, 7) is 3.80. The lowest BCUT2D eigenvalue weighted by Crippen LogP contribution is -2.33. The van der Waals surface area contributed by atoms with E-state index in [0.717, 1.165) is 16.8 Å². The number of rotatable bonds is 4. The second kappa shape index (κ2) is 6.58. The topological polar surface area (TPSA) is 71.3 Å². The number of carbonyl (C=O) groups excluding carboxylic acids is 2. The molecule has 0 radical (unpaired) electrons. The molecule has 2 rings (SSSR count). The molecular formula is C15H15BrN2O3. The first-order valence-corrected chi connectivity index (χ1v) is 7.15. The zero-order valence-electron chi connectivity index (χ0n) is 11.7. The molecule has 1 aromatic heterocycles. The standard InChI is InChI=1S/C15H15BrN2O3/c1-9-4-3-5-12(10(9)2)18-13(19)8-17-15(20)11-6-7-21-14(11)16/h3-7H,8H2,1-2H3,(H,17,20)(H,18,19). The molecule has 0 bridgehead atoms. The van der Waals surface area contributed by atoms with E-state index in [1.54, 1.807) is 0 Å². The molecule has 21 heavy (non-hydrogen) atoms. The number of nitrogens with one attached hydrogen (secondary N) is 2. The van der Waals surface area contributed by atoms with Crippen molar-refractivity contribution in [1.82, 2.24) is 5.32 Å². The third kappa shape index (κ3) is 3.72. The van der Waals surface area contributed by atoms with Gasteiger partial charge in [-0.3, -0.25) is 9.59 Å². The van der Waals surface area contributed by atoms with Gasteiger partial charge in [0.05, 0.1) is 18.4 Å². The van der Waals surface area contributed by atoms with Gasteiger partial charge in [-0.25, -0.2) is 0 Å². The fraction of sp³-hybridized carbons (Fsp3) is 0.200. The second-order valence-electron chi connectivity index (χ2n) is 4.59. The molecule has 0 spiro atoms. The van der Waals surface area contributed by atoms with Crippen LogP contribution in [-0.4, -0.2) is 18.4 Å². The largest absolute Gasteiger partial charge is 0.457 e. The van der Waals surface area contributed by atoms with E-state index in [4.69, 9.17) is 4.42 Å². The number of furan rings is 1. The van der Waals surface area contributed by atoms with E-state index in [0.29, 0.717) is 10.2 Å². The maximum Gasteiger partial charge on any atom is 0.256 e. The number of halogens is 1. The van der Waals surface area contributed by atoms with E-state index in [2.05, 4.69) is 26.6 Å². The quantitative estimate of drug-likeness (QED) is 0.890. The second-order valence-corrected chi connectivity index (χ2v) is 5.31. The number of hydrogen-bond donors (Lipinski definition) is 2. The van der Waals surface area contributed by atoms with Crippen molar-refractivity contribution >= 4 is 33.4 Å². The third-order valence-corrected chi connectivity index (χ3v) is 3.76. The highest BCUT2D eigenvalue weighted by Crippen LogP contribution is 2.18. The summed E-state index contributed by atoms with van der Waals surface area (Å²) in [6, 6.07) is 7.21. The van der Waals surface area contributed by atoms with Crippen LogP contribution in [0.5, 0.6) is 0 Å². The van der Waals surface area contributed by atoms with Gasteiger partial charge in [0, 0.05) is 5.69 Å². The van der Waals surface area contributed by atoms with Gasteiger partial charge < -0.3 is 15.1 Å². The van der Waals surface area contributed by atoms with Crippen LogP contribution in [0.1, 0.15) is 21.5 Å². The molecule has 0 atom stereocenters. The Hall–Kier alpha value is -2.08. The summed E-state index contributed by atoms with van der Waals surface area (Å²) in [5, 5.41) is 5.32. The molecule has 0 fully saturated rings. The molecule has 2 aromatic rings. The molecule has 0 aliphatic rings. The lowest BCUT2D eigenvalue weighted by Gasteiger charge is -2.10. The van der Waals surface area contributed by atoms with Gasteiger partial charge in [-0.2, -0.15) is 0 Å². The molecule has 0 saturated heterocycles. The fourth-order valence-corrected chi connectivity index (χ4v) is 2.21. The van der Waals surface area contributed by atoms with E-state index < -0.39 is 0 Å². The molecule has 1 heterocycles. The molecule has 0 saturated carbocycles. The Bertz CT molecular complexity index is 679. The fourth-order valence-electron chi connectivity index (χ4n) is 1.79. The van der Waals surface area contributed by atoms with Crippen molar-refractivity contribution in [3.8, 4) is 0 Å². The van der Waals surface area contributed by atoms with E-state index in [1.807, 2.05) is 32.0 Å². The zero-order chi connectivity index (χ0) is 15.4. The van der Waals surface area contributed by atoms with Gasteiger partial charge in [0.1, 0.15) is 0 Å². The molecule has 0 unspecified atom stereocenters. The number of amides is 2. The highest BCUT2D eigenvalue weighted by Gasteiger charge is 2.14. The van der Waals surface area contributed by atoms with Crippen molar-refractivity contribution < 1.29 is 14.0 Å². The normalized spacial score (nSPS) is 10.2. The molecule has 1 aromatic carbocycles. The van der Waals surface area contributed by atoms with Crippen LogP contribution >= 0.6 is 15.9 Å². The lowest BCUT2D eigenvalue weighted by molar-refractivity contribution is -0.115. The van der Waals surface area contributed by atoms with E-state index >= 15 is 0 Å². The summed E-state index contributed by atoms with van der Waals surface area (Å²) < 4.78 is 5.31. The highest BCUT2D eigenvalue weighted by atomic mass is 79.9. The van der Waals surface area contributed by atoms with Crippen LogP contribution in [0.4, 0.5) is 5.69 Å². The number of aryl methyl sites for hydroxylation is 1. The molecule has 110 valence electrons. The SMILES string of the molecule is Cc1cccc(NC(=O)CNC(=O)c2ccoc2Br)c1C. The summed E-state index contributed by atoms with van der Waals surface area (Å²) in [7, 11) is 0. The first-order valence-electron chi connectivity index (χ1n) is 6.36. The van der Waals surface area contributed by atoms with E-state index in [9.17, 15) is 9.59 Å². The number of carbonyl (C=O) groups is 2. The van der Waals surface area contributed by atoms with Crippen LogP contribution in [0.2, 0.25) is 0 Å². The van der Waals surface area contributed by atoms with Gasteiger partial charge in [-0.15, -0.1) is 0 Å². The van der Waals surface area contributed by atoms with Gasteiger partial charge in [0.15, 0.2) is 4.67 Å². The Morgan fingerprint density at radius 2 is 2.00 bits per heavy atom. The molecule has 0 aliphatic heterocycles. The molecule has 0 aliphatic carbocycles. The molecule has 5 nitrogen and oxygen atoms in total. The summed E-state index contributed by atoms with van der Waals surface area (Å²) in [4.78, 5) is 23.7. The van der Waals surface area contributed by atoms with Gasteiger partial charge >= 0.3 is 0 Å².